The van der Waals surface area contributed by atoms with Gasteiger partial charge in [-0.05, 0) is 30.5 Å². The summed E-state index contributed by atoms with van der Waals surface area (Å²) >= 11 is 0. The second-order valence-corrected chi connectivity index (χ2v) is 6.91. The molecule has 1 aromatic carbocycles. The zero-order valence-corrected chi connectivity index (χ0v) is 16.1. The molecule has 2 aromatic rings. The van der Waals surface area contributed by atoms with Crippen molar-refractivity contribution in [2.24, 2.45) is 0 Å². The van der Waals surface area contributed by atoms with Crippen LogP contribution in [0.4, 0.5) is 0 Å². The van der Waals surface area contributed by atoms with E-state index in [1.165, 1.54) is 6.07 Å². The monoisotopic (exact) mass is 387 g/mol. The Labute approximate surface area is 163 Å². The van der Waals surface area contributed by atoms with Crippen LogP contribution in [0.1, 0.15) is 52.0 Å². The van der Waals surface area contributed by atoms with Gasteiger partial charge >= 0.3 is 5.97 Å². The fourth-order valence-electron chi connectivity index (χ4n) is 3.60. The number of furan rings is 1. The minimum absolute atomic E-state index is 0.0196. The van der Waals surface area contributed by atoms with Crippen molar-refractivity contribution in [3.8, 4) is 5.75 Å². The van der Waals surface area contributed by atoms with Crippen molar-refractivity contribution >= 4 is 11.9 Å². The van der Waals surface area contributed by atoms with Crippen molar-refractivity contribution < 1.29 is 28.6 Å². The standard InChI is InChI=1S/C21H25NO6/c1-3-17-16(20(24)25)12-18(28-17)19(23)22-13-21(8-10-27-11-9-21)14-4-6-15(26-2)7-5-14/h4-7,12H,3,8-11,13H2,1-2H3,(H,22,23)(H,24,25). The largest absolute Gasteiger partial charge is 0.497 e. The van der Waals surface area contributed by atoms with Crippen LogP contribution in [0.15, 0.2) is 34.7 Å². The number of carboxylic acid groups (broad SMARTS) is 1. The summed E-state index contributed by atoms with van der Waals surface area (Å²) in [6.45, 7) is 3.43. The van der Waals surface area contributed by atoms with Crippen LogP contribution in [0.2, 0.25) is 0 Å². The molecule has 150 valence electrons. The Morgan fingerprint density at radius 3 is 2.43 bits per heavy atom. The van der Waals surface area contributed by atoms with Crippen LogP contribution >= 0.6 is 0 Å². The molecule has 0 saturated carbocycles. The van der Waals surface area contributed by atoms with E-state index < -0.39 is 11.9 Å². The van der Waals surface area contributed by atoms with Gasteiger partial charge in [-0.1, -0.05) is 19.1 Å². The lowest BCUT2D eigenvalue weighted by molar-refractivity contribution is 0.0484. The lowest BCUT2D eigenvalue weighted by atomic mass is 9.74. The van der Waals surface area contributed by atoms with Crippen molar-refractivity contribution in [2.45, 2.75) is 31.6 Å². The van der Waals surface area contributed by atoms with E-state index in [1.807, 2.05) is 24.3 Å². The molecule has 7 nitrogen and oxygen atoms in total. The van der Waals surface area contributed by atoms with Gasteiger partial charge in [0, 0.05) is 37.7 Å². The number of hydrogen-bond acceptors (Lipinski definition) is 5. The third kappa shape index (κ3) is 4.04. The average Bonchev–Trinajstić information content (AvgIpc) is 3.18. The summed E-state index contributed by atoms with van der Waals surface area (Å²) in [5, 5.41) is 12.2. The van der Waals surface area contributed by atoms with Crippen LogP contribution in [0.5, 0.6) is 5.75 Å². The molecule has 0 spiro atoms. The van der Waals surface area contributed by atoms with Crippen molar-refractivity contribution in [3.05, 3.63) is 53.0 Å². The Bertz CT molecular complexity index is 833. The van der Waals surface area contributed by atoms with Gasteiger partial charge in [0.05, 0.1) is 7.11 Å². The second-order valence-electron chi connectivity index (χ2n) is 6.91. The topological polar surface area (TPSA) is 98.0 Å². The number of aromatic carboxylic acids is 1. The van der Waals surface area contributed by atoms with Crippen LogP contribution in [-0.4, -0.2) is 43.9 Å². The average molecular weight is 387 g/mol. The number of carbonyl (C=O) groups excluding carboxylic acids is 1. The smallest absolute Gasteiger partial charge is 0.339 e. The maximum atomic E-state index is 12.6. The Hall–Kier alpha value is -2.80. The van der Waals surface area contributed by atoms with Gasteiger partial charge in [0.25, 0.3) is 5.91 Å². The van der Waals surface area contributed by atoms with Crippen LogP contribution in [0, 0.1) is 0 Å². The first-order valence-electron chi connectivity index (χ1n) is 9.35. The van der Waals surface area contributed by atoms with Crippen LogP contribution in [-0.2, 0) is 16.6 Å². The molecule has 1 aliphatic rings. The number of methoxy groups -OCH3 is 1. The predicted molar refractivity (Wildman–Crippen MR) is 102 cm³/mol. The molecule has 0 radical (unpaired) electrons. The van der Waals surface area contributed by atoms with E-state index in [9.17, 15) is 14.7 Å². The number of aryl methyl sites for hydroxylation is 1. The van der Waals surface area contributed by atoms with Gasteiger partial charge in [-0.3, -0.25) is 4.79 Å². The summed E-state index contributed by atoms with van der Waals surface area (Å²) in [4.78, 5) is 23.9. The maximum Gasteiger partial charge on any atom is 0.339 e. The number of amides is 1. The SMILES string of the molecule is CCc1oc(C(=O)NCC2(c3ccc(OC)cc3)CCOCC2)cc1C(=O)O. The molecule has 3 rings (SSSR count). The summed E-state index contributed by atoms with van der Waals surface area (Å²) in [6, 6.07) is 9.14. The fourth-order valence-corrected chi connectivity index (χ4v) is 3.60. The Balaban J connectivity index is 1.78. The molecule has 28 heavy (non-hydrogen) atoms. The number of nitrogens with one attached hydrogen (secondary N) is 1. The highest BCUT2D eigenvalue weighted by Gasteiger charge is 2.35. The van der Waals surface area contributed by atoms with E-state index in [4.69, 9.17) is 13.9 Å². The molecular formula is C21H25NO6. The Morgan fingerprint density at radius 1 is 1.21 bits per heavy atom. The summed E-state index contributed by atoms with van der Waals surface area (Å²) in [6.07, 6.45) is 1.96. The van der Waals surface area contributed by atoms with Gasteiger partial charge in [0.15, 0.2) is 5.76 Å². The molecule has 0 aliphatic carbocycles. The molecule has 0 unspecified atom stereocenters. The van der Waals surface area contributed by atoms with Crippen molar-refractivity contribution in [1.29, 1.82) is 0 Å². The van der Waals surface area contributed by atoms with E-state index in [1.54, 1.807) is 14.0 Å². The predicted octanol–water partition coefficient (Wildman–Crippen LogP) is 3.03. The third-order valence-corrected chi connectivity index (χ3v) is 5.32. The van der Waals surface area contributed by atoms with E-state index in [0.29, 0.717) is 31.9 Å². The zero-order chi connectivity index (χ0) is 20.1. The number of hydrogen-bond donors (Lipinski definition) is 2. The third-order valence-electron chi connectivity index (χ3n) is 5.32. The first kappa shape index (κ1) is 19.9. The maximum absolute atomic E-state index is 12.6. The molecule has 2 N–H and O–H groups in total. The van der Waals surface area contributed by atoms with E-state index in [-0.39, 0.29) is 16.7 Å². The Morgan fingerprint density at radius 2 is 1.89 bits per heavy atom. The molecule has 1 saturated heterocycles. The lowest BCUT2D eigenvalue weighted by Crippen LogP contribution is -2.44. The number of carbonyl (C=O) groups is 2. The molecule has 1 fully saturated rings. The molecule has 0 atom stereocenters. The molecule has 1 aromatic heterocycles. The summed E-state index contributed by atoms with van der Waals surface area (Å²) < 4.78 is 16.2. The van der Waals surface area contributed by atoms with Gasteiger partial charge in [0.2, 0.25) is 0 Å². The summed E-state index contributed by atoms with van der Waals surface area (Å²) in [7, 11) is 1.62. The van der Waals surface area contributed by atoms with Gasteiger partial charge in [-0.2, -0.15) is 0 Å². The highest BCUT2D eigenvalue weighted by atomic mass is 16.5. The lowest BCUT2D eigenvalue weighted by Gasteiger charge is -2.38. The van der Waals surface area contributed by atoms with Crippen LogP contribution in [0.25, 0.3) is 0 Å². The molecule has 7 heteroatoms. The number of benzene rings is 1. The zero-order valence-electron chi connectivity index (χ0n) is 16.1. The minimum atomic E-state index is -1.10. The molecular weight excluding hydrogens is 362 g/mol. The first-order valence-corrected chi connectivity index (χ1v) is 9.35. The van der Waals surface area contributed by atoms with Crippen molar-refractivity contribution in [2.75, 3.05) is 26.9 Å². The van der Waals surface area contributed by atoms with Gasteiger partial charge in [-0.15, -0.1) is 0 Å². The van der Waals surface area contributed by atoms with Gasteiger partial charge in [0.1, 0.15) is 17.1 Å². The highest BCUT2D eigenvalue weighted by Crippen LogP contribution is 2.35. The van der Waals surface area contributed by atoms with E-state index >= 15 is 0 Å². The normalized spacial score (nSPS) is 15.8. The number of carboxylic acids is 1. The molecule has 1 amide bonds. The number of rotatable bonds is 7. The molecule has 0 bridgehead atoms. The fraction of sp³-hybridized carbons (Fsp3) is 0.429. The molecule has 1 aliphatic heterocycles. The van der Waals surface area contributed by atoms with Gasteiger partial charge in [-0.25, -0.2) is 4.79 Å². The van der Waals surface area contributed by atoms with Crippen molar-refractivity contribution in [3.63, 3.8) is 0 Å². The summed E-state index contributed by atoms with van der Waals surface area (Å²) in [5.41, 5.74) is 0.885. The number of ether oxygens (including phenoxy) is 2. The first-order chi connectivity index (χ1) is 13.5. The van der Waals surface area contributed by atoms with E-state index in [0.717, 1.165) is 24.2 Å². The van der Waals surface area contributed by atoms with E-state index in [2.05, 4.69) is 5.32 Å². The Kier molecular flexibility index (Phi) is 6.04. The molecule has 2 heterocycles. The minimum Gasteiger partial charge on any atom is -0.497 e. The highest BCUT2D eigenvalue weighted by molar-refractivity contribution is 5.96. The quantitative estimate of drug-likeness (QED) is 0.758. The van der Waals surface area contributed by atoms with Crippen LogP contribution < -0.4 is 10.1 Å². The summed E-state index contributed by atoms with van der Waals surface area (Å²) in [5.74, 6) is -0.418. The van der Waals surface area contributed by atoms with Gasteiger partial charge < -0.3 is 24.3 Å². The van der Waals surface area contributed by atoms with Crippen LogP contribution in [0.3, 0.4) is 0 Å². The second kappa shape index (κ2) is 8.48. The van der Waals surface area contributed by atoms with Crippen molar-refractivity contribution in [1.82, 2.24) is 5.32 Å².